The molecule has 0 aliphatic heterocycles. The van der Waals surface area contributed by atoms with Crippen molar-refractivity contribution in [3.8, 4) is 0 Å². The second kappa shape index (κ2) is 6.35. The van der Waals surface area contributed by atoms with Crippen LogP contribution in [0.2, 0.25) is 0 Å². The van der Waals surface area contributed by atoms with Gasteiger partial charge in [0, 0.05) is 18.2 Å². The SMILES string of the molecule is CCNC(c1cncc(F)c1)C1CCCc2ccccc21. The highest BCUT2D eigenvalue weighted by Crippen LogP contribution is 2.40. The van der Waals surface area contributed by atoms with Crippen LogP contribution in [0.25, 0.3) is 0 Å². The minimum Gasteiger partial charge on any atom is -0.310 e. The number of pyridine rings is 1. The first-order valence-electron chi connectivity index (χ1n) is 7.71. The molecule has 3 heteroatoms. The molecular formula is C18H21FN2. The summed E-state index contributed by atoms with van der Waals surface area (Å²) in [5.41, 5.74) is 3.78. The molecule has 0 bridgehead atoms. The highest BCUT2D eigenvalue weighted by molar-refractivity contribution is 5.35. The van der Waals surface area contributed by atoms with Gasteiger partial charge in [-0.2, -0.15) is 0 Å². The largest absolute Gasteiger partial charge is 0.310 e. The van der Waals surface area contributed by atoms with Gasteiger partial charge in [-0.25, -0.2) is 4.39 Å². The monoisotopic (exact) mass is 284 g/mol. The second-order valence-corrected chi connectivity index (χ2v) is 5.67. The second-order valence-electron chi connectivity index (χ2n) is 5.67. The van der Waals surface area contributed by atoms with Crippen LogP contribution in [0.4, 0.5) is 4.39 Å². The fourth-order valence-corrected chi connectivity index (χ4v) is 3.45. The molecule has 3 rings (SSSR count). The number of fused-ring (bicyclic) bond motifs is 1. The Bertz CT molecular complexity index is 612. The number of rotatable bonds is 4. The van der Waals surface area contributed by atoms with Crippen LogP contribution in [0.5, 0.6) is 0 Å². The fraction of sp³-hybridized carbons (Fsp3) is 0.389. The predicted octanol–water partition coefficient (Wildman–Crippen LogP) is 3.99. The predicted molar refractivity (Wildman–Crippen MR) is 82.7 cm³/mol. The summed E-state index contributed by atoms with van der Waals surface area (Å²) in [5.74, 6) is 0.123. The lowest BCUT2D eigenvalue weighted by Gasteiger charge is -2.33. The number of aryl methyl sites for hydroxylation is 1. The Kier molecular flexibility index (Phi) is 4.30. The van der Waals surface area contributed by atoms with Crippen LogP contribution in [0.1, 0.15) is 48.4 Å². The molecule has 1 N–H and O–H groups in total. The Morgan fingerprint density at radius 1 is 1.33 bits per heavy atom. The van der Waals surface area contributed by atoms with Crippen molar-refractivity contribution in [2.45, 2.75) is 38.1 Å². The molecule has 1 aliphatic carbocycles. The standard InChI is InChI=1S/C18H21FN2/c1-2-21-18(14-10-15(19)12-20-11-14)17-9-5-7-13-6-3-4-8-16(13)17/h3-4,6,8,10-12,17-18,21H,2,5,7,9H2,1H3. The zero-order valence-electron chi connectivity index (χ0n) is 12.3. The molecule has 0 saturated carbocycles. The molecule has 1 aromatic heterocycles. The molecule has 0 spiro atoms. The van der Waals surface area contributed by atoms with Crippen LogP contribution in [-0.2, 0) is 6.42 Å². The van der Waals surface area contributed by atoms with Crippen LogP contribution in [0.3, 0.4) is 0 Å². The first kappa shape index (κ1) is 14.2. The number of benzene rings is 1. The van der Waals surface area contributed by atoms with Crippen molar-refractivity contribution in [1.82, 2.24) is 10.3 Å². The average Bonchev–Trinajstić information content (AvgIpc) is 2.52. The van der Waals surface area contributed by atoms with Crippen LogP contribution in [0, 0.1) is 5.82 Å². The zero-order valence-corrected chi connectivity index (χ0v) is 12.3. The Hall–Kier alpha value is -1.74. The number of hydrogen-bond acceptors (Lipinski definition) is 2. The quantitative estimate of drug-likeness (QED) is 0.918. The summed E-state index contributed by atoms with van der Waals surface area (Å²) in [4.78, 5) is 4.02. The third-order valence-electron chi connectivity index (χ3n) is 4.33. The van der Waals surface area contributed by atoms with E-state index in [1.807, 2.05) is 0 Å². The van der Waals surface area contributed by atoms with Crippen molar-refractivity contribution in [3.63, 3.8) is 0 Å². The first-order valence-corrected chi connectivity index (χ1v) is 7.71. The molecule has 2 atom stereocenters. The summed E-state index contributed by atoms with van der Waals surface area (Å²) in [6.45, 7) is 2.95. The van der Waals surface area contributed by atoms with E-state index in [9.17, 15) is 4.39 Å². The van der Waals surface area contributed by atoms with E-state index in [0.717, 1.165) is 24.9 Å². The Labute approximate surface area is 125 Å². The van der Waals surface area contributed by atoms with Gasteiger partial charge in [0.25, 0.3) is 0 Å². The topological polar surface area (TPSA) is 24.9 Å². The maximum absolute atomic E-state index is 13.5. The normalized spacial score (nSPS) is 19.0. The lowest BCUT2D eigenvalue weighted by atomic mass is 9.77. The van der Waals surface area contributed by atoms with E-state index in [1.165, 1.54) is 23.7 Å². The molecule has 0 saturated heterocycles. The Morgan fingerprint density at radius 3 is 3.00 bits per heavy atom. The summed E-state index contributed by atoms with van der Waals surface area (Å²) >= 11 is 0. The highest BCUT2D eigenvalue weighted by atomic mass is 19.1. The molecule has 0 fully saturated rings. The van der Waals surface area contributed by atoms with Crippen molar-refractivity contribution in [3.05, 3.63) is 65.2 Å². The maximum Gasteiger partial charge on any atom is 0.141 e. The van der Waals surface area contributed by atoms with Crippen molar-refractivity contribution in [2.75, 3.05) is 6.54 Å². The minimum atomic E-state index is -0.264. The number of aromatic nitrogens is 1. The van der Waals surface area contributed by atoms with Gasteiger partial charge >= 0.3 is 0 Å². The van der Waals surface area contributed by atoms with Gasteiger partial charge in [-0.05, 0) is 48.6 Å². The summed E-state index contributed by atoms with van der Waals surface area (Å²) in [5, 5.41) is 3.53. The molecule has 21 heavy (non-hydrogen) atoms. The van der Waals surface area contributed by atoms with E-state index in [-0.39, 0.29) is 11.9 Å². The molecular weight excluding hydrogens is 263 g/mol. The minimum absolute atomic E-state index is 0.125. The van der Waals surface area contributed by atoms with Gasteiger partial charge in [-0.15, -0.1) is 0 Å². The molecule has 0 amide bonds. The number of likely N-dealkylation sites (N-methyl/N-ethyl adjacent to an activating group) is 1. The van der Waals surface area contributed by atoms with Crippen LogP contribution in [0.15, 0.2) is 42.7 Å². The van der Waals surface area contributed by atoms with Gasteiger partial charge in [0.05, 0.1) is 6.20 Å². The summed E-state index contributed by atoms with van der Waals surface area (Å²) in [7, 11) is 0. The summed E-state index contributed by atoms with van der Waals surface area (Å²) in [6, 6.07) is 10.4. The van der Waals surface area contributed by atoms with E-state index in [1.54, 1.807) is 12.3 Å². The van der Waals surface area contributed by atoms with Gasteiger partial charge in [0.1, 0.15) is 5.82 Å². The summed E-state index contributed by atoms with van der Waals surface area (Å²) < 4.78 is 13.5. The molecule has 1 heterocycles. The molecule has 0 radical (unpaired) electrons. The van der Waals surface area contributed by atoms with Crippen molar-refractivity contribution in [1.29, 1.82) is 0 Å². The Balaban J connectivity index is 1.99. The molecule has 2 aromatic rings. The van der Waals surface area contributed by atoms with Crippen LogP contribution in [-0.4, -0.2) is 11.5 Å². The fourth-order valence-electron chi connectivity index (χ4n) is 3.45. The van der Waals surface area contributed by atoms with Gasteiger partial charge < -0.3 is 5.32 Å². The van der Waals surface area contributed by atoms with Gasteiger partial charge in [-0.3, -0.25) is 4.98 Å². The van der Waals surface area contributed by atoms with E-state index in [2.05, 4.69) is 41.5 Å². The average molecular weight is 284 g/mol. The van der Waals surface area contributed by atoms with Gasteiger partial charge in [-0.1, -0.05) is 31.2 Å². The zero-order chi connectivity index (χ0) is 14.7. The van der Waals surface area contributed by atoms with E-state index in [4.69, 9.17) is 0 Å². The van der Waals surface area contributed by atoms with Crippen LogP contribution < -0.4 is 5.32 Å². The van der Waals surface area contributed by atoms with E-state index in [0.29, 0.717) is 5.92 Å². The third-order valence-corrected chi connectivity index (χ3v) is 4.33. The molecule has 1 aromatic carbocycles. The highest BCUT2D eigenvalue weighted by Gasteiger charge is 2.28. The molecule has 1 aliphatic rings. The van der Waals surface area contributed by atoms with Gasteiger partial charge in [0.15, 0.2) is 0 Å². The maximum atomic E-state index is 13.5. The molecule has 2 unspecified atom stereocenters. The van der Waals surface area contributed by atoms with E-state index < -0.39 is 0 Å². The molecule has 2 nitrogen and oxygen atoms in total. The number of hydrogen-bond donors (Lipinski definition) is 1. The first-order chi connectivity index (χ1) is 10.3. The number of nitrogens with one attached hydrogen (secondary N) is 1. The van der Waals surface area contributed by atoms with E-state index >= 15 is 0 Å². The number of nitrogens with zero attached hydrogens (tertiary/aromatic N) is 1. The van der Waals surface area contributed by atoms with Crippen molar-refractivity contribution in [2.24, 2.45) is 0 Å². The van der Waals surface area contributed by atoms with Crippen LogP contribution >= 0.6 is 0 Å². The van der Waals surface area contributed by atoms with Crippen molar-refractivity contribution < 1.29 is 4.39 Å². The lowest BCUT2D eigenvalue weighted by molar-refractivity contribution is 0.406. The number of halogens is 1. The smallest absolute Gasteiger partial charge is 0.141 e. The summed E-state index contributed by atoms with van der Waals surface area (Å²) in [6.07, 6.45) is 6.51. The lowest BCUT2D eigenvalue weighted by Crippen LogP contribution is -2.29. The Morgan fingerprint density at radius 2 is 2.19 bits per heavy atom. The van der Waals surface area contributed by atoms with Gasteiger partial charge in [0.2, 0.25) is 0 Å². The third kappa shape index (κ3) is 2.98. The van der Waals surface area contributed by atoms with Crippen molar-refractivity contribution >= 4 is 0 Å². The molecule has 110 valence electrons.